The fraction of sp³-hybridized carbons (Fsp3) is 0.562. The van der Waals surface area contributed by atoms with E-state index >= 15 is 0 Å². The van der Waals surface area contributed by atoms with Crippen molar-refractivity contribution in [2.45, 2.75) is 12.8 Å². The van der Waals surface area contributed by atoms with Gasteiger partial charge in [0.2, 0.25) is 5.91 Å². The van der Waals surface area contributed by atoms with Gasteiger partial charge in [-0.05, 0) is 38.1 Å². The van der Waals surface area contributed by atoms with Gasteiger partial charge in [0.25, 0.3) is 0 Å². The quantitative estimate of drug-likeness (QED) is 0.866. The Labute approximate surface area is 130 Å². The van der Waals surface area contributed by atoms with Crippen molar-refractivity contribution in [3.63, 3.8) is 0 Å². The number of hydrogen-bond donors (Lipinski definition) is 1. The summed E-state index contributed by atoms with van der Waals surface area (Å²) in [7, 11) is 0. The van der Waals surface area contributed by atoms with Crippen LogP contribution in [0.15, 0.2) is 18.3 Å². The zero-order valence-electron chi connectivity index (χ0n) is 12.7. The van der Waals surface area contributed by atoms with Crippen LogP contribution in [0.1, 0.15) is 18.4 Å². The first-order valence-corrected chi connectivity index (χ1v) is 7.88. The van der Waals surface area contributed by atoms with Crippen LogP contribution < -0.4 is 10.2 Å². The van der Waals surface area contributed by atoms with Crippen LogP contribution in [0.3, 0.4) is 0 Å². The predicted octanol–water partition coefficient (Wildman–Crippen LogP) is 0.601. The van der Waals surface area contributed by atoms with Crippen LogP contribution in [-0.2, 0) is 4.79 Å². The van der Waals surface area contributed by atoms with Gasteiger partial charge in [-0.3, -0.25) is 4.79 Å². The summed E-state index contributed by atoms with van der Waals surface area (Å²) in [4.78, 5) is 21.0. The highest BCUT2D eigenvalue weighted by Gasteiger charge is 2.28. The number of carbonyl (C=O) groups is 1. The number of nitrogens with zero attached hydrogens (tertiary/aromatic N) is 4. The molecular weight excluding hydrogens is 278 g/mol. The van der Waals surface area contributed by atoms with E-state index in [0.717, 1.165) is 57.9 Å². The molecule has 2 fully saturated rings. The fourth-order valence-corrected chi connectivity index (χ4v) is 3.14. The van der Waals surface area contributed by atoms with Gasteiger partial charge in [-0.25, -0.2) is 4.98 Å². The van der Waals surface area contributed by atoms with Crippen LogP contribution in [0, 0.1) is 17.2 Å². The minimum Gasteiger partial charge on any atom is -0.353 e. The lowest BCUT2D eigenvalue weighted by atomic mass is 9.96. The summed E-state index contributed by atoms with van der Waals surface area (Å²) in [5.41, 5.74) is 0.623. The number of nitriles is 1. The van der Waals surface area contributed by atoms with Crippen LogP contribution in [0.25, 0.3) is 0 Å². The number of carbonyl (C=O) groups excluding carboxylic acids is 1. The molecule has 116 valence electrons. The third-order valence-corrected chi connectivity index (χ3v) is 4.48. The highest BCUT2D eigenvalue weighted by molar-refractivity contribution is 5.79. The number of aromatic nitrogens is 1. The van der Waals surface area contributed by atoms with E-state index in [9.17, 15) is 4.79 Å². The van der Waals surface area contributed by atoms with Crippen LogP contribution in [0.4, 0.5) is 5.82 Å². The van der Waals surface area contributed by atoms with Gasteiger partial charge in [0.1, 0.15) is 5.82 Å². The van der Waals surface area contributed by atoms with Crippen molar-refractivity contribution in [3.8, 4) is 6.07 Å². The topological polar surface area (TPSA) is 72.3 Å². The number of piperazine rings is 1. The largest absolute Gasteiger partial charge is 0.353 e. The van der Waals surface area contributed by atoms with Gasteiger partial charge in [-0.15, -0.1) is 0 Å². The van der Waals surface area contributed by atoms with Crippen molar-refractivity contribution in [1.82, 2.24) is 15.2 Å². The van der Waals surface area contributed by atoms with Gasteiger partial charge >= 0.3 is 0 Å². The number of hydrogen-bond acceptors (Lipinski definition) is 5. The zero-order valence-corrected chi connectivity index (χ0v) is 12.7. The Morgan fingerprint density at radius 3 is 2.68 bits per heavy atom. The molecular formula is C16H21N5O. The van der Waals surface area contributed by atoms with E-state index in [0.29, 0.717) is 11.5 Å². The molecule has 0 radical (unpaired) electrons. The molecule has 2 aliphatic heterocycles. The molecule has 1 amide bonds. The van der Waals surface area contributed by atoms with Gasteiger partial charge in [-0.2, -0.15) is 5.26 Å². The van der Waals surface area contributed by atoms with Gasteiger partial charge < -0.3 is 15.1 Å². The van der Waals surface area contributed by atoms with Gasteiger partial charge in [0.15, 0.2) is 0 Å². The lowest BCUT2D eigenvalue weighted by molar-refractivity contribution is -0.136. The molecule has 3 rings (SSSR count). The van der Waals surface area contributed by atoms with Crippen molar-refractivity contribution in [2.75, 3.05) is 44.2 Å². The summed E-state index contributed by atoms with van der Waals surface area (Å²) in [6.45, 7) is 4.92. The average molecular weight is 299 g/mol. The van der Waals surface area contributed by atoms with Crippen LogP contribution in [0.2, 0.25) is 0 Å². The van der Waals surface area contributed by atoms with E-state index in [1.807, 2.05) is 11.0 Å². The summed E-state index contributed by atoms with van der Waals surface area (Å²) in [6.07, 6.45) is 3.57. The summed E-state index contributed by atoms with van der Waals surface area (Å²) in [6, 6.07) is 5.66. The van der Waals surface area contributed by atoms with E-state index < -0.39 is 0 Å². The maximum absolute atomic E-state index is 12.5. The molecule has 0 saturated carbocycles. The maximum atomic E-state index is 12.5. The highest BCUT2D eigenvalue weighted by atomic mass is 16.2. The van der Waals surface area contributed by atoms with E-state index in [4.69, 9.17) is 5.26 Å². The van der Waals surface area contributed by atoms with Crippen LogP contribution in [-0.4, -0.2) is 55.1 Å². The minimum absolute atomic E-state index is 0.188. The molecule has 6 nitrogen and oxygen atoms in total. The van der Waals surface area contributed by atoms with E-state index in [2.05, 4.69) is 21.3 Å². The third-order valence-electron chi connectivity index (χ3n) is 4.48. The Hall–Kier alpha value is -2.13. The molecule has 0 unspecified atom stereocenters. The number of piperidine rings is 1. The Kier molecular flexibility index (Phi) is 4.54. The Morgan fingerprint density at radius 1 is 1.27 bits per heavy atom. The fourth-order valence-electron chi connectivity index (χ4n) is 3.14. The highest BCUT2D eigenvalue weighted by Crippen LogP contribution is 2.19. The number of pyridine rings is 1. The monoisotopic (exact) mass is 299 g/mol. The second-order valence-corrected chi connectivity index (χ2v) is 5.85. The van der Waals surface area contributed by atoms with Gasteiger partial charge in [-0.1, -0.05) is 0 Å². The number of nitrogens with one attached hydrogen (secondary N) is 1. The molecule has 0 bridgehead atoms. The third kappa shape index (κ3) is 3.20. The van der Waals surface area contributed by atoms with E-state index in [1.165, 1.54) is 0 Å². The lowest BCUT2D eigenvalue weighted by Crippen LogP contribution is -2.51. The van der Waals surface area contributed by atoms with Crippen LogP contribution >= 0.6 is 0 Å². The second kappa shape index (κ2) is 6.75. The molecule has 1 aromatic heterocycles. The first-order valence-electron chi connectivity index (χ1n) is 7.88. The van der Waals surface area contributed by atoms with Gasteiger partial charge in [0.05, 0.1) is 11.6 Å². The minimum atomic E-state index is 0.188. The smallest absolute Gasteiger partial charge is 0.225 e. The number of anilines is 1. The standard InChI is InChI=1S/C16H21N5O/c17-12-13-1-6-19-15(11-13)20-7-9-21(10-8-20)16(22)14-2-4-18-5-3-14/h1,6,11,14,18H,2-5,7-10H2. The van der Waals surface area contributed by atoms with E-state index in [1.54, 1.807) is 12.3 Å². The lowest BCUT2D eigenvalue weighted by Gasteiger charge is -2.37. The molecule has 0 aromatic carbocycles. The first kappa shape index (κ1) is 14.8. The molecule has 22 heavy (non-hydrogen) atoms. The maximum Gasteiger partial charge on any atom is 0.225 e. The van der Waals surface area contributed by atoms with Crippen molar-refractivity contribution < 1.29 is 4.79 Å². The van der Waals surface area contributed by atoms with Crippen LogP contribution in [0.5, 0.6) is 0 Å². The zero-order chi connectivity index (χ0) is 15.4. The predicted molar refractivity (Wildman–Crippen MR) is 83.3 cm³/mol. The van der Waals surface area contributed by atoms with Crippen molar-refractivity contribution in [1.29, 1.82) is 5.26 Å². The van der Waals surface area contributed by atoms with Crippen molar-refractivity contribution >= 4 is 11.7 Å². The normalized spacial score (nSPS) is 19.8. The molecule has 2 aliphatic rings. The van der Waals surface area contributed by atoms with E-state index in [-0.39, 0.29) is 5.92 Å². The molecule has 1 aromatic rings. The second-order valence-electron chi connectivity index (χ2n) is 5.85. The first-order chi connectivity index (χ1) is 10.8. The molecule has 0 aliphatic carbocycles. The Balaban J connectivity index is 1.57. The Morgan fingerprint density at radius 2 is 2.00 bits per heavy atom. The molecule has 3 heterocycles. The summed E-state index contributed by atoms with van der Waals surface area (Å²) in [5, 5.41) is 12.3. The van der Waals surface area contributed by atoms with Crippen molar-refractivity contribution in [3.05, 3.63) is 23.9 Å². The molecule has 1 N–H and O–H groups in total. The SMILES string of the molecule is N#Cc1ccnc(N2CCN(C(=O)C3CCNCC3)CC2)c1. The molecule has 2 saturated heterocycles. The summed E-state index contributed by atoms with van der Waals surface area (Å²) < 4.78 is 0. The molecule has 0 atom stereocenters. The molecule has 0 spiro atoms. The number of rotatable bonds is 2. The summed E-state index contributed by atoms with van der Waals surface area (Å²) >= 11 is 0. The van der Waals surface area contributed by atoms with Gasteiger partial charge in [0, 0.05) is 38.3 Å². The molecule has 6 heteroatoms. The van der Waals surface area contributed by atoms with Crippen molar-refractivity contribution in [2.24, 2.45) is 5.92 Å². The Bertz CT molecular complexity index is 568. The average Bonchev–Trinajstić information content (AvgIpc) is 2.62. The summed E-state index contributed by atoms with van der Waals surface area (Å²) in [5.74, 6) is 1.32. The number of amides is 1.